The van der Waals surface area contributed by atoms with E-state index in [4.69, 9.17) is 5.73 Å². The van der Waals surface area contributed by atoms with Crippen molar-refractivity contribution in [2.45, 2.75) is 43.8 Å². The minimum absolute atomic E-state index is 0. The molecule has 1 atom stereocenters. The third-order valence-electron chi connectivity index (χ3n) is 3.12. The Kier molecular flexibility index (Phi) is 3.95. The number of carbonyl (C=O) groups excluding carboxylic acids is 1. The highest BCUT2D eigenvalue weighted by Gasteiger charge is 2.48. The van der Waals surface area contributed by atoms with E-state index < -0.39 is 11.7 Å². The summed E-state index contributed by atoms with van der Waals surface area (Å²) in [7, 11) is 0. The number of nitrogens with two attached hydrogens (primary N) is 1. The van der Waals surface area contributed by atoms with Gasteiger partial charge in [-0.2, -0.15) is 0 Å². The SMILES string of the molecule is Cl.NC1(C(=O)N2CCCCC(F)C2)CC1. The third kappa shape index (κ3) is 2.82. The smallest absolute Gasteiger partial charge is 0.242 e. The Morgan fingerprint density at radius 2 is 2.07 bits per heavy atom. The normalized spacial score (nSPS) is 28.9. The van der Waals surface area contributed by atoms with Crippen LogP contribution in [-0.2, 0) is 4.79 Å². The average Bonchev–Trinajstić information content (AvgIpc) is 2.91. The van der Waals surface area contributed by atoms with Crippen molar-refractivity contribution >= 4 is 18.3 Å². The molecule has 1 heterocycles. The first-order valence-electron chi connectivity index (χ1n) is 5.34. The molecule has 2 fully saturated rings. The van der Waals surface area contributed by atoms with E-state index in [9.17, 15) is 9.18 Å². The number of likely N-dealkylation sites (tertiary alicyclic amines) is 1. The van der Waals surface area contributed by atoms with Crippen molar-refractivity contribution < 1.29 is 9.18 Å². The van der Waals surface area contributed by atoms with Crippen LogP contribution in [0.25, 0.3) is 0 Å². The average molecular weight is 237 g/mol. The van der Waals surface area contributed by atoms with Crippen LogP contribution in [0, 0.1) is 0 Å². The molecule has 0 aromatic carbocycles. The lowest BCUT2D eigenvalue weighted by molar-refractivity contribution is -0.134. The molecule has 1 unspecified atom stereocenters. The van der Waals surface area contributed by atoms with Crippen molar-refractivity contribution in [3.63, 3.8) is 0 Å². The summed E-state index contributed by atoms with van der Waals surface area (Å²) in [5, 5.41) is 0. The van der Waals surface area contributed by atoms with Crippen LogP contribution in [0.3, 0.4) is 0 Å². The monoisotopic (exact) mass is 236 g/mol. The Bertz CT molecular complexity index is 246. The molecule has 5 heteroatoms. The maximum Gasteiger partial charge on any atom is 0.242 e. The van der Waals surface area contributed by atoms with Crippen molar-refractivity contribution in [1.82, 2.24) is 4.90 Å². The number of alkyl halides is 1. The van der Waals surface area contributed by atoms with E-state index in [1.807, 2.05) is 0 Å². The van der Waals surface area contributed by atoms with Gasteiger partial charge in [0.2, 0.25) is 5.91 Å². The van der Waals surface area contributed by atoms with E-state index in [0.29, 0.717) is 13.0 Å². The second kappa shape index (κ2) is 4.66. The molecule has 0 radical (unpaired) electrons. The molecule has 0 aromatic heterocycles. The molecule has 1 saturated heterocycles. The summed E-state index contributed by atoms with van der Waals surface area (Å²) in [6, 6.07) is 0. The number of hydrogen-bond acceptors (Lipinski definition) is 2. The number of rotatable bonds is 1. The Morgan fingerprint density at radius 3 is 2.67 bits per heavy atom. The fourth-order valence-electron chi connectivity index (χ4n) is 1.94. The van der Waals surface area contributed by atoms with Gasteiger partial charge in [0.1, 0.15) is 6.17 Å². The van der Waals surface area contributed by atoms with Gasteiger partial charge in [0, 0.05) is 6.54 Å². The molecular formula is C10H18ClFN2O. The molecule has 1 amide bonds. The second-order valence-electron chi connectivity index (χ2n) is 4.50. The molecule has 88 valence electrons. The summed E-state index contributed by atoms with van der Waals surface area (Å²) in [5.74, 6) is -0.0398. The zero-order chi connectivity index (χ0) is 10.2. The molecule has 2 N–H and O–H groups in total. The van der Waals surface area contributed by atoms with Gasteiger partial charge in [-0.15, -0.1) is 12.4 Å². The summed E-state index contributed by atoms with van der Waals surface area (Å²) in [6.45, 7) is 0.927. The van der Waals surface area contributed by atoms with E-state index in [0.717, 1.165) is 25.7 Å². The van der Waals surface area contributed by atoms with Crippen LogP contribution in [0.1, 0.15) is 32.1 Å². The van der Waals surface area contributed by atoms with Crippen LogP contribution in [-0.4, -0.2) is 35.6 Å². The molecule has 1 saturated carbocycles. The number of halogens is 2. The number of hydrogen-bond donors (Lipinski definition) is 1. The standard InChI is InChI=1S/C10H17FN2O.ClH/c11-8-3-1-2-6-13(7-8)9(14)10(12)4-5-10;/h8H,1-7,12H2;1H. The Labute approximate surface area is 95.6 Å². The quantitative estimate of drug-likeness (QED) is 0.745. The van der Waals surface area contributed by atoms with Gasteiger partial charge in [-0.3, -0.25) is 4.79 Å². The van der Waals surface area contributed by atoms with Crippen molar-refractivity contribution in [3.8, 4) is 0 Å². The molecule has 0 bridgehead atoms. The number of nitrogens with zero attached hydrogens (tertiary/aromatic N) is 1. The van der Waals surface area contributed by atoms with Crippen LogP contribution >= 0.6 is 12.4 Å². The lowest BCUT2D eigenvalue weighted by atomic mass is 10.2. The van der Waals surface area contributed by atoms with Crippen molar-refractivity contribution in [2.75, 3.05) is 13.1 Å². The van der Waals surface area contributed by atoms with E-state index in [2.05, 4.69) is 0 Å². The van der Waals surface area contributed by atoms with Crippen LogP contribution < -0.4 is 5.73 Å². The van der Waals surface area contributed by atoms with E-state index >= 15 is 0 Å². The summed E-state index contributed by atoms with van der Waals surface area (Å²) >= 11 is 0. The Morgan fingerprint density at radius 1 is 1.40 bits per heavy atom. The first-order valence-corrected chi connectivity index (χ1v) is 5.34. The Hall–Kier alpha value is -0.350. The van der Waals surface area contributed by atoms with Gasteiger partial charge in [-0.05, 0) is 32.1 Å². The van der Waals surface area contributed by atoms with Gasteiger partial charge in [-0.1, -0.05) is 0 Å². The number of carbonyl (C=O) groups is 1. The zero-order valence-electron chi connectivity index (χ0n) is 8.75. The predicted molar refractivity (Wildman–Crippen MR) is 58.7 cm³/mol. The fraction of sp³-hybridized carbons (Fsp3) is 0.900. The van der Waals surface area contributed by atoms with Gasteiger partial charge in [0.05, 0.1) is 12.1 Å². The van der Waals surface area contributed by atoms with Crippen molar-refractivity contribution in [3.05, 3.63) is 0 Å². The lowest BCUT2D eigenvalue weighted by Crippen LogP contribution is -2.47. The third-order valence-corrected chi connectivity index (χ3v) is 3.12. The molecule has 0 spiro atoms. The molecular weight excluding hydrogens is 219 g/mol. The molecule has 1 aliphatic heterocycles. The maximum atomic E-state index is 13.2. The fourth-order valence-corrected chi connectivity index (χ4v) is 1.94. The van der Waals surface area contributed by atoms with Gasteiger partial charge in [0.25, 0.3) is 0 Å². The van der Waals surface area contributed by atoms with Gasteiger partial charge >= 0.3 is 0 Å². The highest BCUT2D eigenvalue weighted by Crippen LogP contribution is 2.34. The topological polar surface area (TPSA) is 46.3 Å². The summed E-state index contributed by atoms with van der Waals surface area (Å²) < 4.78 is 13.2. The highest BCUT2D eigenvalue weighted by molar-refractivity contribution is 5.89. The molecule has 2 rings (SSSR count). The van der Waals surface area contributed by atoms with E-state index in [1.165, 1.54) is 0 Å². The minimum atomic E-state index is -0.858. The number of amides is 1. The van der Waals surface area contributed by atoms with Gasteiger partial charge in [0.15, 0.2) is 0 Å². The van der Waals surface area contributed by atoms with Crippen LogP contribution in [0.15, 0.2) is 0 Å². The molecule has 15 heavy (non-hydrogen) atoms. The summed E-state index contributed by atoms with van der Waals surface area (Å²) in [5.41, 5.74) is 5.17. The van der Waals surface area contributed by atoms with Crippen molar-refractivity contribution in [1.29, 1.82) is 0 Å². The molecule has 1 aliphatic carbocycles. The molecule has 2 aliphatic rings. The largest absolute Gasteiger partial charge is 0.338 e. The molecule has 0 aromatic rings. The maximum absolute atomic E-state index is 13.2. The predicted octanol–water partition coefficient (Wildman–Crippen LogP) is 1.25. The lowest BCUT2D eigenvalue weighted by Gasteiger charge is -2.24. The van der Waals surface area contributed by atoms with Crippen LogP contribution in [0.4, 0.5) is 4.39 Å². The van der Waals surface area contributed by atoms with Crippen LogP contribution in [0.2, 0.25) is 0 Å². The highest BCUT2D eigenvalue weighted by atomic mass is 35.5. The second-order valence-corrected chi connectivity index (χ2v) is 4.50. The summed E-state index contributed by atoms with van der Waals surface area (Å²) in [4.78, 5) is 13.4. The first kappa shape index (κ1) is 12.7. The minimum Gasteiger partial charge on any atom is -0.338 e. The van der Waals surface area contributed by atoms with Gasteiger partial charge in [-0.25, -0.2) is 4.39 Å². The van der Waals surface area contributed by atoms with E-state index in [1.54, 1.807) is 4.90 Å². The van der Waals surface area contributed by atoms with Crippen molar-refractivity contribution in [2.24, 2.45) is 5.73 Å². The Balaban J connectivity index is 0.00000112. The first-order chi connectivity index (χ1) is 6.62. The van der Waals surface area contributed by atoms with E-state index in [-0.39, 0.29) is 24.9 Å². The van der Waals surface area contributed by atoms with Gasteiger partial charge < -0.3 is 10.6 Å². The zero-order valence-corrected chi connectivity index (χ0v) is 9.56. The summed E-state index contributed by atoms with van der Waals surface area (Å²) in [6.07, 6.45) is 3.04. The van der Waals surface area contributed by atoms with Crippen LogP contribution in [0.5, 0.6) is 0 Å². The molecule has 3 nitrogen and oxygen atoms in total.